The molecule has 0 saturated carbocycles. The summed E-state index contributed by atoms with van der Waals surface area (Å²) < 4.78 is 5.48. The molecule has 0 amide bonds. The third-order valence-corrected chi connectivity index (χ3v) is 4.73. The van der Waals surface area contributed by atoms with Crippen LogP contribution in [-0.2, 0) is 4.74 Å². The summed E-state index contributed by atoms with van der Waals surface area (Å²) in [6.45, 7) is 4.33. The molecule has 2 unspecified atom stereocenters. The molecule has 2 saturated heterocycles. The summed E-state index contributed by atoms with van der Waals surface area (Å²) in [6.07, 6.45) is 6.89. The van der Waals surface area contributed by atoms with Crippen LogP contribution in [0.3, 0.4) is 0 Å². The normalized spacial score (nSPS) is 32.8. The molecule has 0 aromatic rings. The molecule has 2 aliphatic rings. The molecule has 0 aliphatic carbocycles. The molecular weight excluding hydrogens is 206 g/mol. The molecule has 0 spiro atoms. The predicted molar refractivity (Wildman–Crippen MR) is 66.5 cm³/mol. The fourth-order valence-electron chi connectivity index (χ4n) is 2.39. The Morgan fingerprint density at radius 2 is 2.13 bits per heavy atom. The molecule has 88 valence electrons. The van der Waals surface area contributed by atoms with Gasteiger partial charge in [0.1, 0.15) is 0 Å². The molecule has 0 aromatic carbocycles. The smallest absolute Gasteiger partial charge is 0.0506 e. The molecule has 2 aliphatic heterocycles. The Bertz CT molecular complexity index is 147. The molecule has 15 heavy (non-hydrogen) atoms. The van der Waals surface area contributed by atoms with E-state index in [9.17, 15) is 0 Å². The van der Waals surface area contributed by atoms with E-state index >= 15 is 0 Å². The lowest BCUT2D eigenvalue weighted by molar-refractivity contribution is 0.0549. The van der Waals surface area contributed by atoms with Crippen LogP contribution >= 0.6 is 11.8 Å². The predicted octanol–water partition coefficient (Wildman–Crippen LogP) is 2.29. The van der Waals surface area contributed by atoms with Gasteiger partial charge >= 0.3 is 0 Å². The molecule has 2 atom stereocenters. The maximum Gasteiger partial charge on any atom is 0.0506 e. The maximum absolute atomic E-state index is 5.48. The Labute approximate surface area is 97.5 Å². The van der Waals surface area contributed by atoms with E-state index in [-0.39, 0.29) is 0 Å². The van der Waals surface area contributed by atoms with Crippen molar-refractivity contribution in [1.82, 2.24) is 5.32 Å². The van der Waals surface area contributed by atoms with Crippen LogP contribution in [0.2, 0.25) is 0 Å². The van der Waals surface area contributed by atoms with Crippen LogP contribution in [0.15, 0.2) is 0 Å². The fourth-order valence-corrected chi connectivity index (χ4v) is 3.66. The molecule has 3 heteroatoms. The summed E-state index contributed by atoms with van der Waals surface area (Å²) >= 11 is 2.16. The van der Waals surface area contributed by atoms with Crippen LogP contribution in [0.1, 0.15) is 32.1 Å². The minimum absolute atomic E-state index is 0.771. The Hall–Kier alpha value is 0.270. The first kappa shape index (κ1) is 11.7. The molecule has 0 bridgehead atoms. The molecule has 2 fully saturated rings. The van der Waals surface area contributed by atoms with Gasteiger partial charge in [-0.1, -0.05) is 6.42 Å². The standard InChI is InChI=1S/C12H23NOS/c1-2-7-15-12(5-1)9-13-8-11-4-3-6-14-10-11/h11-13H,1-10H2. The summed E-state index contributed by atoms with van der Waals surface area (Å²) in [5.74, 6) is 2.14. The van der Waals surface area contributed by atoms with Crippen LogP contribution in [0.5, 0.6) is 0 Å². The second kappa shape index (κ2) is 6.77. The maximum atomic E-state index is 5.48. The van der Waals surface area contributed by atoms with Gasteiger partial charge in [0.2, 0.25) is 0 Å². The van der Waals surface area contributed by atoms with Gasteiger partial charge in [0.25, 0.3) is 0 Å². The van der Waals surface area contributed by atoms with E-state index in [1.165, 1.54) is 44.4 Å². The van der Waals surface area contributed by atoms with E-state index in [2.05, 4.69) is 17.1 Å². The molecule has 0 aromatic heterocycles. The van der Waals surface area contributed by atoms with E-state index in [1.54, 1.807) is 0 Å². The van der Waals surface area contributed by atoms with Gasteiger partial charge in [0.15, 0.2) is 0 Å². The van der Waals surface area contributed by atoms with Gasteiger partial charge < -0.3 is 10.1 Å². The van der Waals surface area contributed by atoms with Crippen molar-refractivity contribution in [2.24, 2.45) is 5.92 Å². The Morgan fingerprint density at radius 1 is 1.13 bits per heavy atom. The van der Waals surface area contributed by atoms with E-state index < -0.39 is 0 Å². The monoisotopic (exact) mass is 229 g/mol. The van der Waals surface area contributed by atoms with Crippen molar-refractivity contribution in [3.05, 3.63) is 0 Å². The van der Waals surface area contributed by atoms with E-state index in [0.717, 1.165) is 30.9 Å². The van der Waals surface area contributed by atoms with Crippen molar-refractivity contribution in [2.45, 2.75) is 37.4 Å². The van der Waals surface area contributed by atoms with E-state index in [4.69, 9.17) is 4.74 Å². The van der Waals surface area contributed by atoms with Gasteiger partial charge in [0, 0.05) is 24.9 Å². The topological polar surface area (TPSA) is 21.3 Å². The first-order valence-electron chi connectivity index (χ1n) is 6.35. The lowest BCUT2D eigenvalue weighted by atomic mass is 10.0. The summed E-state index contributed by atoms with van der Waals surface area (Å²) in [7, 11) is 0. The van der Waals surface area contributed by atoms with Gasteiger partial charge in [0.05, 0.1) is 6.61 Å². The quantitative estimate of drug-likeness (QED) is 0.799. The van der Waals surface area contributed by atoms with Gasteiger partial charge in [-0.3, -0.25) is 0 Å². The van der Waals surface area contributed by atoms with Crippen LogP contribution in [0.25, 0.3) is 0 Å². The number of hydrogen-bond acceptors (Lipinski definition) is 3. The highest BCUT2D eigenvalue weighted by molar-refractivity contribution is 7.99. The minimum Gasteiger partial charge on any atom is -0.381 e. The molecular formula is C12H23NOS. The average Bonchev–Trinajstić information content (AvgIpc) is 2.32. The lowest BCUT2D eigenvalue weighted by Gasteiger charge is -2.25. The highest BCUT2D eigenvalue weighted by atomic mass is 32.2. The third-order valence-electron chi connectivity index (χ3n) is 3.33. The van der Waals surface area contributed by atoms with Crippen molar-refractivity contribution in [1.29, 1.82) is 0 Å². The van der Waals surface area contributed by atoms with Crippen LogP contribution < -0.4 is 5.32 Å². The third kappa shape index (κ3) is 4.33. The van der Waals surface area contributed by atoms with E-state index in [0.29, 0.717) is 0 Å². The molecule has 0 radical (unpaired) electrons. The van der Waals surface area contributed by atoms with Gasteiger partial charge in [-0.25, -0.2) is 0 Å². The second-order valence-corrected chi connectivity index (χ2v) is 6.14. The summed E-state index contributed by atoms with van der Waals surface area (Å²) in [6, 6.07) is 0. The minimum atomic E-state index is 0.771. The van der Waals surface area contributed by atoms with Crippen LogP contribution in [0.4, 0.5) is 0 Å². The first-order valence-corrected chi connectivity index (χ1v) is 7.40. The zero-order valence-electron chi connectivity index (χ0n) is 9.54. The molecule has 2 nitrogen and oxygen atoms in total. The molecule has 2 rings (SSSR count). The Balaban J connectivity index is 1.53. The Morgan fingerprint density at radius 3 is 2.87 bits per heavy atom. The van der Waals surface area contributed by atoms with Crippen molar-refractivity contribution >= 4 is 11.8 Å². The summed E-state index contributed by atoms with van der Waals surface area (Å²) in [5.41, 5.74) is 0. The van der Waals surface area contributed by atoms with Gasteiger partial charge in [-0.15, -0.1) is 0 Å². The number of ether oxygens (including phenoxy) is 1. The highest BCUT2D eigenvalue weighted by Crippen LogP contribution is 2.24. The van der Waals surface area contributed by atoms with Crippen LogP contribution in [0, 0.1) is 5.92 Å². The van der Waals surface area contributed by atoms with Crippen molar-refractivity contribution in [3.63, 3.8) is 0 Å². The summed E-state index contributed by atoms with van der Waals surface area (Å²) in [5, 5.41) is 4.50. The second-order valence-electron chi connectivity index (χ2n) is 4.73. The van der Waals surface area contributed by atoms with Crippen LogP contribution in [-0.4, -0.2) is 37.3 Å². The van der Waals surface area contributed by atoms with Crippen molar-refractivity contribution < 1.29 is 4.74 Å². The van der Waals surface area contributed by atoms with Gasteiger partial charge in [-0.2, -0.15) is 11.8 Å². The highest BCUT2D eigenvalue weighted by Gasteiger charge is 2.16. The fraction of sp³-hybridized carbons (Fsp3) is 1.00. The number of thioether (sulfide) groups is 1. The first-order chi connectivity index (χ1) is 7.45. The number of nitrogens with one attached hydrogen (secondary N) is 1. The van der Waals surface area contributed by atoms with Gasteiger partial charge in [-0.05, 0) is 37.4 Å². The van der Waals surface area contributed by atoms with Crippen molar-refractivity contribution in [3.8, 4) is 0 Å². The summed E-state index contributed by atoms with van der Waals surface area (Å²) in [4.78, 5) is 0. The lowest BCUT2D eigenvalue weighted by Crippen LogP contribution is -2.33. The zero-order chi connectivity index (χ0) is 10.3. The molecule has 2 heterocycles. The number of rotatable bonds is 4. The Kier molecular flexibility index (Phi) is 5.30. The van der Waals surface area contributed by atoms with E-state index in [1.807, 2.05) is 0 Å². The SMILES string of the molecule is C1CCC(CNCC2CCCOC2)SC1. The zero-order valence-corrected chi connectivity index (χ0v) is 10.4. The van der Waals surface area contributed by atoms with Crippen molar-refractivity contribution in [2.75, 3.05) is 32.1 Å². The largest absolute Gasteiger partial charge is 0.381 e. The average molecular weight is 229 g/mol. The molecule has 1 N–H and O–H groups in total. The number of hydrogen-bond donors (Lipinski definition) is 1.